The summed E-state index contributed by atoms with van der Waals surface area (Å²) in [6, 6.07) is 18.5. The van der Waals surface area contributed by atoms with E-state index in [1.54, 1.807) is 0 Å². The van der Waals surface area contributed by atoms with Crippen molar-refractivity contribution in [1.82, 2.24) is 5.32 Å². The molecule has 3 rings (SSSR count). The number of nitrogens with one attached hydrogen (secondary N) is 1. The number of hydrogen-bond acceptors (Lipinski definition) is 5. The lowest BCUT2D eigenvalue weighted by molar-refractivity contribution is -0.465. The molecule has 0 spiro atoms. The van der Waals surface area contributed by atoms with E-state index in [9.17, 15) is 15.0 Å². The van der Waals surface area contributed by atoms with Crippen LogP contribution in [0.25, 0.3) is 0 Å². The minimum Gasteiger partial charge on any atom is -0.394 e. The maximum absolute atomic E-state index is 11.5. The molecule has 6 nitrogen and oxygen atoms in total. The number of aliphatic hydroxyl groups excluding tert-OH is 2. The van der Waals surface area contributed by atoms with Gasteiger partial charge in [0.25, 0.3) is 0 Å². The first kappa shape index (κ1) is 24.4. The molecular weight excluding hydrogens is 406 g/mol. The van der Waals surface area contributed by atoms with Crippen molar-refractivity contribution in [2.75, 3.05) is 13.2 Å². The van der Waals surface area contributed by atoms with E-state index in [2.05, 4.69) is 24.4 Å². The van der Waals surface area contributed by atoms with Gasteiger partial charge in [-0.2, -0.15) is 0 Å². The molecule has 0 aromatic heterocycles. The summed E-state index contributed by atoms with van der Waals surface area (Å²) in [5, 5.41) is 22.2. The summed E-state index contributed by atoms with van der Waals surface area (Å²) in [7, 11) is 0. The van der Waals surface area contributed by atoms with Gasteiger partial charge in [0, 0.05) is 18.4 Å². The molecule has 2 aromatic carbocycles. The van der Waals surface area contributed by atoms with E-state index < -0.39 is 11.3 Å². The van der Waals surface area contributed by atoms with E-state index in [4.69, 9.17) is 9.47 Å². The topological polar surface area (TPSA) is 88.0 Å². The molecular formula is C26H35NO5. The highest BCUT2D eigenvalue weighted by molar-refractivity contribution is 5.73. The van der Waals surface area contributed by atoms with Gasteiger partial charge in [-0.1, -0.05) is 67.9 Å². The van der Waals surface area contributed by atoms with E-state index in [0.29, 0.717) is 12.8 Å². The lowest BCUT2D eigenvalue weighted by Crippen LogP contribution is -2.54. The van der Waals surface area contributed by atoms with Gasteiger partial charge < -0.3 is 25.0 Å². The van der Waals surface area contributed by atoms with Gasteiger partial charge in [0.05, 0.1) is 18.8 Å². The van der Waals surface area contributed by atoms with Crippen molar-refractivity contribution in [2.45, 2.75) is 70.0 Å². The number of aryl methyl sites for hydroxylation is 1. The number of carbonyl (C=O) groups is 1. The van der Waals surface area contributed by atoms with E-state index in [-0.39, 0.29) is 31.3 Å². The van der Waals surface area contributed by atoms with Crippen LogP contribution in [0.5, 0.6) is 0 Å². The van der Waals surface area contributed by atoms with Gasteiger partial charge in [-0.3, -0.25) is 4.79 Å². The minimum absolute atomic E-state index is 0.0759. The number of ether oxygens (including phenoxy) is 2. The maximum atomic E-state index is 11.5. The van der Waals surface area contributed by atoms with Crippen molar-refractivity contribution in [3.8, 4) is 0 Å². The van der Waals surface area contributed by atoms with Crippen LogP contribution in [-0.4, -0.2) is 41.2 Å². The first-order valence-corrected chi connectivity index (χ1v) is 11.4. The lowest BCUT2D eigenvalue weighted by Gasteiger charge is -2.51. The second-order valence-electron chi connectivity index (χ2n) is 8.70. The quantitative estimate of drug-likeness (QED) is 0.496. The molecule has 174 valence electrons. The van der Waals surface area contributed by atoms with Crippen LogP contribution in [0.2, 0.25) is 0 Å². The highest BCUT2D eigenvalue weighted by Gasteiger charge is 2.52. The van der Waals surface area contributed by atoms with Crippen LogP contribution in [0.3, 0.4) is 0 Å². The Morgan fingerprint density at radius 2 is 1.72 bits per heavy atom. The third-order valence-corrected chi connectivity index (χ3v) is 6.22. The average Bonchev–Trinajstić information content (AvgIpc) is 2.79. The van der Waals surface area contributed by atoms with Gasteiger partial charge in [0.2, 0.25) is 11.7 Å². The third kappa shape index (κ3) is 5.21. The van der Waals surface area contributed by atoms with Crippen LogP contribution in [0, 0.1) is 0 Å². The van der Waals surface area contributed by atoms with E-state index in [1.165, 1.54) is 12.5 Å². The van der Waals surface area contributed by atoms with E-state index in [0.717, 1.165) is 24.0 Å². The monoisotopic (exact) mass is 441 g/mol. The van der Waals surface area contributed by atoms with Crippen molar-refractivity contribution in [2.24, 2.45) is 0 Å². The molecule has 32 heavy (non-hydrogen) atoms. The highest BCUT2D eigenvalue weighted by Crippen LogP contribution is 2.51. The molecule has 2 aromatic rings. The van der Waals surface area contributed by atoms with Crippen molar-refractivity contribution >= 4 is 5.91 Å². The summed E-state index contributed by atoms with van der Waals surface area (Å²) in [5.74, 6) is -1.01. The predicted octanol–water partition coefficient (Wildman–Crippen LogP) is 3.61. The van der Waals surface area contributed by atoms with E-state index in [1.807, 2.05) is 49.4 Å². The SMILES string of the molecule is CCCC(c1ccccc1)C1(c2ccc(CCC(CO)(CO)NC(C)=O)cc2)OC(C)O1. The summed E-state index contributed by atoms with van der Waals surface area (Å²) in [5.41, 5.74) is 2.18. The molecule has 3 N–H and O–H groups in total. The fourth-order valence-corrected chi connectivity index (χ4v) is 4.56. The molecule has 0 saturated carbocycles. The zero-order chi connectivity index (χ0) is 23.2. The zero-order valence-electron chi connectivity index (χ0n) is 19.2. The second kappa shape index (κ2) is 10.6. The summed E-state index contributed by atoms with van der Waals surface area (Å²) < 4.78 is 12.6. The fourth-order valence-electron chi connectivity index (χ4n) is 4.56. The number of aliphatic hydroxyl groups is 2. The molecule has 1 saturated heterocycles. The van der Waals surface area contributed by atoms with Crippen molar-refractivity contribution in [3.63, 3.8) is 0 Å². The summed E-state index contributed by atoms with van der Waals surface area (Å²) in [6.07, 6.45) is 2.71. The molecule has 6 heteroatoms. The zero-order valence-corrected chi connectivity index (χ0v) is 19.2. The molecule has 1 heterocycles. The lowest BCUT2D eigenvalue weighted by atomic mass is 9.81. The number of amides is 1. The smallest absolute Gasteiger partial charge is 0.217 e. The van der Waals surface area contributed by atoms with Gasteiger partial charge in [-0.25, -0.2) is 0 Å². The predicted molar refractivity (Wildman–Crippen MR) is 123 cm³/mol. The van der Waals surface area contributed by atoms with Gasteiger partial charge in [-0.05, 0) is 37.3 Å². The summed E-state index contributed by atoms with van der Waals surface area (Å²) in [6.45, 7) is 4.82. The van der Waals surface area contributed by atoms with Crippen LogP contribution in [-0.2, 0) is 26.5 Å². The molecule has 1 atom stereocenters. The molecule has 1 unspecified atom stereocenters. The fraction of sp³-hybridized carbons (Fsp3) is 0.500. The molecule has 1 amide bonds. The van der Waals surface area contributed by atoms with Crippen LogP contribution in [0.4, 0.5) is 0 Å². The Bertz CT molecular complexity index is 858. The van der Waals surface area contributed by atoms with Crippen molar-refractivity contribution < 1.29 is 24.5 Å². The Balaban J connectivity index is 1.81. The van der Waals surface area contributed by atoms with E-state index >= 15 is 0 Å². The molecule has 0 bridgehead atoms. The van der Waals surface area contributed by atoms with Gasteiger partial charge in [-0.15, -0.1) is 0 Å². The van der Waals surface area contributed by atoms with Gasteiger partial charge >= 0.3 is 0 Å². The highest BCUT2D eigenvalue weighted by atomic mass is 16.9. The van der Waals surface area contributed by atoms with Crippen molar-refractivity contribution in [3.05, 3.63) is 71.3 Å². The Labute approximate surface area is 190 Å². The Morgan fingerprint density at radius 1 is 1.09 bits per heavy atom. The van der Waals surface area contributed by atoms with Crippen LogP contribution in [0.1, 0.15) is 62.6 Å². The standard InChI is InChI=1S/C26H35NO5/c1-4-8-24(22-9-6-5-7-10-22)26(31-20(3)32-26)23-13-11-21(12-14-23)15-16-25(17-28,18-29)27-19(2)30/h5-7,9-14,20,24,28-29H,4,8,15-18H2,1-3H3,(H,27,30). The van der Waals surface area contributed by atoms with Crippen LogP contribution in [0.15, 0.2) is 54.6 Å². The first-order chi connectivity index (χ1) is 15.4. The molecule has 0 radical (unpaired) electrons. The number of rotatable bonds is 11. The van der Waals surface area contributed by atoms with Crippen molar-refractivity contribution in [1.29, 1.82) is 0 Å². The third-order valence-electron chi connectivity index (χ3n) is 6.22. The number of hydrogen-bond donors (Lipinski definition) is 3. The van der Waals surface area contributed by atoms with Crippen LogP contribution < -0.4 is 5.32 Å². The largest absolute Gasteiger partial charge is 0.394 e. The molecule has 0 aliphatic carbocycles. The average molecular weight is 442 g/mol. The summed E-state index contributed by atoms with van der Waals surface area (Å²) in [4.78, 5) is 11.5. The molecule has 1 aliphatic heterocycles. The summed E-state index contributed by atoms with van der Waals surface area (Å²) >= 11 is 0. The second-order valence-corrected chi connectivity index (χ2v) is 8.70. The maximum Gasteiger partial charge on any atom is 0.217 e. The molecule has 1 fully saturated rings. The Kier molecular flexibility index (Phi) is 8.06. The number of benzene rings is 2. The first-order valence-electron chi connectivity index (χ1n) is 11.4. The Hall–Kier alpha value is -2.25. The Morgan fingerprint density at radius 3 is 2.22 bits per heavy atom. The number of carbonyl (C=O) groups excluding carboxylic acids is 1. The van der Waals surface area contributed by atoms with Crippen LogP contribution >= 0.6 is 0 Å². The molecule has 1 aliphatic rings. The normalized spacial score (nSPS) is 21.6. The van der Waals surface area contributed by atoms with Gasteiger partial charge in [0.15, 0.2) is 6.29 Å². The minimum atomic E-state index is -1.03. The van der Waals surface area contributed by atoms with Gasteiger partial charge in [0.1, 0.15) is 0 Å².